The number of hydrogen-bond donors (Lipinski definition) is 3. The van der Waals surface area contributed by atoms with Gasteiger partial charge < -0.3 is 25.8 Å². The molecule has 0 heterocycles. The molecule has 0 aromatic heterocycles. The van der Waals surface area contributed by atoms with Gasteiger partial charge in [-0.3, -0.25) is 9.59 Å². The average molecular weight is 420 g/mol. The average Bonchev–Trinajstić information content (AvgIpc) is 2.70. The highest BCUT2D eigenvalue weighted by Crippen LogP contribution is 2.20. The Labute approximate surface area is 173 Å². The van der Waals surface area contributed by atoms with E-state index in [1.165, 1.54) is 0 Å². The molecule has 2 aromatic carbocycles. The summed E-state index contributed by atoms with van der Waals surface area (Å²) in [6.07, 6.45) is -0.186. The van der Waals surface area contributed by atoms with Crippen LogP contribution in [0.4, 0.5) is 4.79 Å². The number of carbonyl (C=O) groups is 3. The quantitative estimate of drug-likeness (QED) is 0.402. The van der Waals surface area contributed by atoms with E-state index in [2.05, 4.69) is 10.6 Å². The van der Waals surface area contributed by atoms with Gasteiger partial charge in [-0.2, -0.15) is 0 Å². The van der Waals surface area contributed by atoms with Gasteiger partial charge in [0.15, 0.2) is 6.61 Å². The molecule has 3 amide bonds. The van der Waals surface area contributed by atoms with Crippen molar-refractivity contribution in [2.45, 2.75) is 12.5 Å². The van der Waals surface area contributed by atoms with E-state index in [9.17, 15) is 14.4 Å². The first-order chi connectivity index (χ1) is 13.9. The number of ether oxygens (including phenoxy) is 2. The largest absolute Gasteiger partial charge is 0.492 e. The number of hydrogen-bond acceptors (Lipinski definition) is 5. The monoisotopic (exact) mass is 419 g/mol. The fourth-order valence-corrected chi connectivity index (χ4v) is 2.54. The van der Waals surface area contributed by atoms with Crippen molar-refractivity contribution in [1.82, 2.24) is 10.6 Å². The third-order valence-electron chi connectivity index (χ3n) is 3.76. The van der Waals surface area contributed by atoms with Crippen LogP contribution in [0.5, 0.6) is 5.75 Å². The Morgan fingerprint density at radius 1 is 1.03 bits per heavy atom. The molecule has 0 radical (unpaired) electrons. The van der Waals surface area contributed by atoms with Gasteiger partial charge in [0, 0.05) is 5.02 Å². The van der Waals surface area contributed by atoms with Crippen molar-refractivity contribution in [2.24, 2.45) is 5.73 Å². The summed E-state index contributed by atoms with van der Waals surface area (Å²) in [7, 11) is 0. The number of urea groups is 1. The highest BCUT2D eigenvalue weighted by atomic mass is 35.5. The molecule has 9 heteroatoms. The lowest BCUT2D eigenvalue weighted by Crippen LogP contribution is -2.35. The Balaban J connectivity index is 1.72. The molecule has 2 rings (SSSR count). The third-order valence-corrected chi connectivity index (χ3v) is 4.01. The van der Waals surface area contributed by atoms with E-state index in [4.69, 9.17) is 26.8 Å². The van der Waals surface area contributed by atoms with Crippen molar-refractivity contribution in [1.29, 1.82) is 0 Å². The number of nitrogens with one attached hydrogen (secondary N) is 2. The van der Waals surface area contributed by atoms with Crippen LogP contribution in [0.1, 0.15) is 18.0 Å². The van der Waals surface area contributed by atoms with E-state index in [0.717, 1.165) is 0 Å². The predicted molar refractivity (Wildman–Crippen MR) is 107 cm³/mol. The molecule has 0 aliphatic rings. The second-order valence-electron chi connectivity index (χ2n) is 5.99. The molecule has 0 bridgehead atoms. The van der Waals surface area contributed by atoms with Crippen LogP contribution in [0.2, 0.25) is 5.02 Å². The highest BCUT2D eigenvalue weighted by Gasteiger charge is 2.19. The second kappa shape index (κ2) is 11.6. The molecule has 0 aliphatic heterocycles. The molecule has 29 heavy (non-hydrogen) atoms. The van der Waals surface area contributed by atoms with E-state index in [0.29, 0.717) is 16.3 Å². The van der Waals surface area contributed by atoms with Crippen LogP contribution >= 0.6 is 11.6 Å². The summed E-state index contributed by atoms with van der Waals surface area (Å²) in [6, 6.07) is 14.3. The minimum atomic E-state index is -0.783. The standard InChI is InChI=1S/C20H22ClN3O5/c21-15-8-6-14(7-9-15)17(24-20(22)27)12-19(26)29-13-18(25)23-10-11-28-16-4-2-1-3-5-16/h1-9,17H,10-13H2,(H,23,25)(H3,22,24,27)/t17-/m0/s1. The second-order valence-corrected chi connectivity index (χ2v) is 6.43. The SMILES string of the molecule is NC(=O)N[C@@H](CC(=O)OCC(=O)NCCOc1ccccc1)c1ccc(Cl)cc1. The molecule has 4 N–H and O–H groups in total. The Hall–Kier alpha value is -3.26. The van der Waals surface area contributed by atoms with Crippen LogP contribution in [0, 0.1) is 0 Å². The number of amides is 3. The Bertz CT molecular complexity index is 815. The van der Waals surface area contributed by atoms with Gasteiger partial charge in [0.25, 0.3) is 5.91 Å². The first-order valence-corrected chi connectivity index (χ1v) is 9.23. The smallest absolute Gasteiger partial charge is 0.312 e. The van der Waals surface area contributed by atoms with Crippen LogP contribution < -0.4 is 21.1 Å². The predicted octanol–water partition coefficient (Wildman–Crippen LogP) is 2.18. The molecule has 8 nitrogen and oxygen atoms in total. The van der Waals surface area contributed by atoms with Crippen molar-refractivity contribution in [3.63, 3.8) is 0 Å². The highest BCUT2D eigenvalue weighted by molar-refractivity contribution is 6.30. The number of primary amides is 1. The molecule has 0 saturated carbocycles. The number of esters is 1. The van der Waals surface area contributed by atoms with E-state index in [1.54, 1.807) is 36.4 Å². The maximum absolute atomic E-state index is 12.0. The summed E-state index contributed by atoms with van der Waals surface area (Å²) >= 11 is 5.84. The number of carbonyl (C=O) groups excluding carboxylic acids is 3. The van der Waals surface area contributed by atoms with Crippen molar-refractivity contribution in [3.05, 3.63) is 65.2 Å². The van der Waals surface area contributed by atoms with E-state index in [1.807, 2.05) is 18.2 Å². The lowest BCUT2D eigenvalue weighted by Gasteiger charge is -2.17. The van der Waals surface area contributed by atoms with Crippen LogP contribution in [-0.4, -0.2) is 37.7 Å². The van der Waals surface area contributed by atoms with E-state index < -0.39 is 30.6 Å². The van der Waals surface area contributed by atoms with Gasteiger partial charge in [-0.1, -0.05) is 41.9 Å². The maximum atomic E-state index is 12.0. The zero-order valence-electron chi connectivity index (χ0n) is 15.6. The zero-order valence-corrected chi connectivity index (χ0v) is 16.4. The molecule has 0 aliphatic carbocycles. The van der Waals surface area contributed by atoms with Crippen molar-refractivity contribution in [2.75, 3.05) is 19.8 Å². The van der Waals surface area contributed by atoms with Gasteiger partial charge in [-0.25, -0.2) is 4.79 Å². The molecular weight excluding hydrogens is 398 g/mol. The van der Waals surface area contributed by atoms with Crippen LogP contribution in [0.15, 0.2) is 54.6 Å². The summed E-state index contributed by atoms with van der Waals surface area (Å²) < 4.78 is 10.4. The molecule has 1 atom stereocenters. The van der Waals surface area contributed by atoms with Gasteiger partial charge in [-0.05, 0) is 29.8 Å². The van der Waals surface area contributed by atoms with Gasteiger partial charge >= 0.3 is 12.0 Å². The summed E-state index contributed by atoms with van der Waals surface area (Å²) in [5.41, 5.74) is 5.80. The summed E-state index contributed by atoms with van der Waals surface area (Å²) in [5, 5.41) is 5.57. The number of nitrogens with two attached hydrogens (primary N) is 1. The molecule has 2 aromatic rings. The van der Waals surface area contributed by atoms with Gasteiger partial charge in [0.05, 0.1) is 19.0 Å². The minimum absolute atomic E-state index is 0.186. The number of halogens is 1. The van der Waals surface area contributed by atoms with Gasteiger partial charge in [-0.15, -0.1) is 0 Å². The van der Waals surface area contributed by atoms with E-state index in [-0.39, 0.29) is 19.6 Å². The molecule has 0 unspecified atom stereocenters. The molecule has 0 fully saturated rings. The summed E-state index contributed by atoms with van der Waals surface area (Å²) in [6.45, 7) is 0.112. The topological polar surface area (TPSA) is 120 Å². The maximum Gasteiger partial charge on any atom is 0.312 e. The first kappa shape index (κ1) is 22.0. The lowest BCUT2D eigenvalue weighted by atomic mass is 10.0. The van der Waals surface area contributed by atoms with Crippen LogP contribution in [0.25, 0.3) is 0 Å². The third kappa shape index (κ3) is 8.52. The number of rotatable bonds is 10. The fourth-order valence-electron chi connectivity index (χ4n) is 2.42. The molecular formula is C20H22ClN3O5. The normalized spacial score (nSPS) is 11.2. The fraction of sp³-hybridized carbons (Fsp3) is 0.250. The Morgan fingerprint density at radius 2 is 1.72 bits per heavy atom. The minimum Gasteiger partial charge on any atom is -0.492 e. The lowest BCUT2D eigenvalue weighted by molar-refractivity contribution is -0.149. The van der Waals surface area contributed by atoms with Crippen molar-refractivity contribution < 1.29 is 23.9 Å². The number of benzene rings is 2. The molecule has 0 spiro atoms. The van der Waals surface area contributed by atoms with E-state index >= 15 is 0 Å². The summed E-state index contributed by atoms with van der Waals surface area (Å²) in [5.74, 6) is -0.418. The Kier molecular flexibility index (Phi) is 8.78. The van der Waals surface area contributed by atoms with Crippen molar-refractivity contribution >= 4 is 29.5 Å². The van der Waals surface area contributed by atoms with Crippen LogP contribution in [0.3, 0.4) is 0 Å². The Morgan fingerprint density at radius 3 is 2.38 bits per heavy atom. The molecule has 0 saturated heterocycles. The van der Waals surface area contributed by atoms with Crippen LogP contribution in [-0.2, 0) is 14.3 Å². The van der Waals surface area contributed by atoms with Gasteiger partial charge in [0.2, 0.25) is 0 Å². The summed E-state index contributed by atoms with van der Waals surface area (Å²) in [4.78, 5) is 35.0. The molecule has 154 valence electrons. The number of para-hydroxylation sites is 1. The van der Waals surface area contributed by atoms with Gasteiger partial charge in [0.1, 0.15) is 12.4 Å². The zero-order chi connectivity index (χ0) is 21.1. The first-order valence-electron chi connectivity index (χ1n) is 8.85. The van der Waals surface area contributed by atoms with Crippen molar-refractivity contribution in [3.8, 4) is 5.75 Å².